The number of H-pyrrole nitrogens is 1. The number of fused-ring (bicyclic) bond motifs is 1. The van der Waals surface area contributed by atoms with Crippen molar-refractivity contribution in [3.8, 4) is 5.75 Å². The lowest BCUT2D eigenvalue weighted by molar-refractivity contribution is -0.118. The van der Waals surface area contributed by atoms with Crippen LogP contribution in [0, 0.1) is 0 Å². The average Bonchev–Trinajstić information content (AvgIpc) is 3.08. The standard InChI is InChI=1S/C19H21N3O2S/c1-14(19-21-16-9-5-6-10-17(16)22-19)25-13-18(23)20-11-12-24-15-7-3-2-4-8-15/h2-10,14H,11-13H2,1H3,(H,20,23)(H,21,22). The van der Waals surface area contributed by atoms with Crippen molar-refractivity contribution in [2.24, 2.45) is 0 Å². The number of nitrogens with one attached hydrogen (secondary N) is 2. The van der Waals surface area contributed by atoms with Gasteiger partial charge in [0, 0.05) is 0 Å². The van der Waals surface area contributed by atoms with E-state index in [9.17, 15) is 4.79 Å². The Balaban J connectivity index is 1.38. The third-order valence-corrected chi connectivity index (χ3v) is 4.85. The van der Waals surface area contributed by atoms with E-state index in [2.05, 4.69) is 15.3 Å². The number of benzene rings is 2. The number of nitrogens with zero attached hydrogens (tertiary/aromatic N) is 1. The molecule has 3 aromatic rings. The third-order valence-electron chi connectivity index (χ3n) is 3.69. The van der Waals surface area contributed by atoms with Crippen LogP contribution in [0.5, 0.6) is 5.75 Å². The van der Waals surface area contributed by atoms with Crippen LogP contribution in [0.2, 0.25) is 0 Å². The van der Waals surface area contributed by atoms with Gasteiger partial charge in [-0.15, -0.1) is 11.8 Å². The van der Waals surface area contributed by atoms with Gasteiger partial charge in [0.1, 0.15) is 18.2 Å². The first-order valence-corrected chi connectivity index (χ1v) is 9.28. The minimum Gasteiger partial charge on any atom is -0.492 e. The van der Waals surface area contributed by atoms with Gasteiger partial charge in [0.15, 0.2) is 0 Å². The highest BCUT2D eigenvalue weighted by atomic mass is 32.2. The van der Waals surface area contributed by atoms with Crippen LogP contribution >= 0.6 is 11.8 Å². The smallest absolute Gasteiger partial charge is 0.230 e. The van der Waals surface area contributed by atoms with E-state index in [1.807, 2.05) is 61.5 Å². The summed E-state index contributed by atoms with van der Waals surface area (Å²) in [4.78, 5) is 19.8. The molecular formula is C19H21N3O2S. The summed E-state index contributed by atoms with van der Waals surface area (Å²) in [6.45, 7) is 3.00. The third kappa shape index (κ3) is 5.00. The fourth-order valence-electron chi connectivity index (χ4n) is 2.37. The Labute approximate surface area is 151 Å². The first kappa shape index (κ1) is 17.4. The van der Waals surface area contributed by atoms with Crippen molar-refractivity contribution in [3.05, 3.63) is 60.4 Å². The van der Waals surface area contributed by atoms with E-state index < -0.39 is 0 Å². The van der Waals surface area contributed by atoms with Crippen LogP contribution in [-0.4, -0.2) is 34.8 Å². The first-order chi connectivity index (χ1) is 12.2. The Morgan fingerprint density at radius 2 is 1.96 bits per heavy atom. The second-order valence-corrected chi connectivity index (χ2v) is 6.93. The average molecular weight is 355 g/mol. The van der Waals surface area contributed by atoms with Crippen LogP contribution in [-0.2, 0) is 4.79 Å². The lowest BCUT2D eigenvalue weighted by atomic mass is 10.3. The molecule has 0 radical (unpaired) electrons. The maximum atomic E-state index is 11.9. The lowest BCUT2D eigenvalue weighted by Crippen LogP contribution is -2.29. The summed E-state index contributed by atoms with van der Waals surface area (Å²) in [5.41, 5.74) is 1.97. The van der Waals surface area contributed by atoms with Crippen LogP contribution in [0.25, 0.3) is 11.0 Å². The van der Waals surface area contributed by atoms with Gasteiger partial charge in [0.2, 0.25) is 5.91 Å². The number of carbonyl (C=O) groups is 1. The Morgan fingerprint density at radius 3 is 2.76 bits per heavy atom. The molecule has 1 atom stereocenters. The van der Waals surface area contributed by atoms with Gasteiger partial charge in [-0.05, 0) is 31.2 Å². The predicted octanol–water partition coefficient (Wildman–Crippen LogP) is 3.55. The fraction of sp³-hybridized carbons (Fsp3) is 0.263. The molecule has 0 saturated carbocycles. The zero-order chi connectivity index (χ0) is 17.5. The molecule has 0 aliphatic rings. The zero-order valence-corrected chi connectivity index (χ0v) is 14.9. The largest absolute Gasteiger partial charge is 0.492 e. The van der Waals surface area contributed by atoms with Crippen LogP contribution in [0.3, 0.4) is 0 Å². The Bertz CT molecular complexity index is 787. The Hall–Kier alpha value is -2.47. The molecule has 1 aromatic heterocycles. The summed E-state index contributed by atoms with van der Waals surface area (Å²) in [6, 6.07) is 17.5. The molecule has 1 unspecified atom stereocenters. The van der Waals surface area contributed by atoms with E-state index in [1.165, 1.54) is 0 Å². The zero-order valence-electron chi connectivity index (χ0n) is 14.1. The number of amides is 1. The molecule has 5 nitrogen and oxygen atoms in total. The molecular weight excluding hydrogens is 334 g/mol. The molecule has 0 aliphatic carbocycles. The minimum atomic E-state index is 0.00428. The van der Waals surface area contributed by atoms with E-state index in [4.69, 9.17) is 4.74 Å². The molecule has 2 N–H and O–H groups in total. The molecule has 1 heterocycles. The Kier molecular flexibility index (Phi) is 5.95. The quantitative estimate of drug-likeness (QED) is 0.607. The van der Waals surface area contributed by atoms with Crippen molar-refractivity contribution in [3.63, 3.8) is 0 Å². The van der Waals surface area contributed by atoms with Crippen molar-refractivity contribution in [2.75, 3.05) is 18.9 Å². The van der Waals surface area contributed by atoms with Crippen LogP contribution in [0.1, 0.15) is 18.0 Å². The van der Waals surface area contributed by atoms with Crippen LogP contribution in [0.4, 0.5) is 0 Å². The van der Waals surface area contributed by atoms with Gasteiger partial charge in [0.25, 0.3) is 0 Å². The number of aromatic amines is 1. The molecule has 130 valence electrons. The number of hydrogen-bond donors (Lipinski definition) is 2. The minimum absolute atomic E-state index is 0.00428. The van der Waals surface area contributed by atoms with E-state index in [1.54, 1.807) is 11.8 Å². The number of carbonyl (C=O) groups excluding carboxylic acids is 1. The van der Waals surface area contributed by atoms with Crippen molar-refractivity contribution >= 4 is 28.7 Å². The molecule has 3 rings (SSSR count). The lowest BCUT2D eigenvalue weighted by Gasteiger charge is -2.10. The second kappa shape index (κ2) is 8.58. The molecule has 25 heavy (non-hydrogen) atoms. The summed E-state index contributed by atoms with van der Waals surface area (Å²) < 4.78 is 5.55. The van der Waals surface area contributed by atoms with Crippen molar-refractivity contribution in [1.29, 1.82) is 0 Å². The van der Waals surface area contributed by atoms with E-state index in [0.717, 1.165) is 22.6 Å². The number of para-hydroxylation sites is 3. The summed E-state index contributed by atoms with van der Waals surface area (Å²) in [5.74, 6) is 2.10. The van der Waals surface area contributed by atoms with Gasteiger partial charge in [-0.3, -0.25) is 4.79 Å². The molecule has 0 spiro atoms. The molecule has 0 fully saturated rings. The maximum absolute atomic E-state index is 11.9. The number of imidazole rings is 1. The predicted molar refractivity (Wildman–Crippen MR) is 102 cm³/mol. The van der Waals surface area contributed by atoms with Gasteiger partial charge >= 0.3 is 0 Å². The number of thioether (sulfide) groups is 1. The van der Waals surface area contributed by atoms with Crippen LogP contribution in [0.15, 0.2) is 54.6 Å². The molecule has 0 aliphatic heterocycles. The highest BCUT2D eigenvalue weighted by Gasteiger charge is 2.13. The number of aromatic nitrogens is 2. The van der Waals surface area contributed by atoms with Crippen molar-refractivity contribution in [2.45, 2.75) is 12.2 Å². The molecule has 0 bridgehead atoms. The summed E-state index contributed by atoms with van der Waals surface area (Å²) in [5, 5.41) is 2.99. The summed E-state index contributed by atoms with van der Waals surface area (Å²) in [6.07, 6.45) is 0. The normalized spacial score (nSPS) is 12.0. The molecule has 1 amide bonds. The number of ether oxygens (including phenoxy) is 1. The van der Waals surface area contributed by atoms with Gasteiger partial charge in [-0.1, -0.05) is 30.3 Å². The fourth-order valence-corrected chi connectivity index (χ4v) is 3.14. The van der Waals surface area contributed by atoms with E-state index in [-0.39, 0.29) is 11.2 Å². The van der Waals surface area contributed by atoms with Gasteiger partial charge < -0.3 is 15.0 Å². The topological polar surface area (TPSA) is 67.0 Å². The van der Waals surface area contributed by atoms with E-state index in [0.29, 0.717) is 18.9 Å². The molecule has 2 aromatic carbocycles. The summed E-state index contributed by atoms with van der Waals surface area (Å²) >= 11 is 1.56. The van der Waals surface area contributed by atoms with Crippen molar-refractivity contribution < 1.29 is 9.53 Å². The van der Waals surface area contributed by atoms with Gasteiger partial charge in [-0.25, -0.2) is 4.98 Å². The monoisotopic (exact) mass is 355 g/mol. The maximum Gasteiger partial charge on any atom is 0.230 e. The number of rotatable bonds is 8. The summed E-state index contributed by atoms with van der Waals surface area (Å²) in [7, 11) is 0. The Morgan fingerprint density at radius 1 is 1.20 bits per heavy atom. The van der Waals surface area contributed by atoms with Crippen LogP contribution < -0.4 is 10.1 Å². The number of hydrogen-bond acceptors (Lipinski definition) is 4. The first-order valence-electron chi connectivity index (χ1n) is 8.23. The second-order valence-electron chi connectivity index (χ2n) is 5.60. The van der Waals surface area contributed by atoms with Crippen molar-refractivity contribution in [1.82, 2.24) is 15.3 Å². The molecule has 6 heteroatoms. The van der Waals surface area contributed by atoms with Gasteiger partial charge in [0.05, 0.1) is 28.6 Å². The highest BCUT2D eigenvalue weighted by molar-refractivity contribution is 8.00. The van der Waals surface area contributed by atoms with E-state index >= 15 is 0 Å². The highest BCUT2D eigenvalue weighted by Crippen LogP contribution is 2.27. The SMILES string of the molecule is CC(SCC(=O)NCCOc1ccccc1)c1nc2ccccc2[nH]1. The molecule has 0 saturated heterocycles. The van der Waals surface area contributed by atoms with Gasteiger partial charge in [-0.2, -0.15) is 0 Å².